The van der Waals surface area contributed by atoms with Crippen LogP contribution >= 0.6 is 0 Å². The minimum absolute atomic E-state index is 0.00223. The van der Waals surface area contributed by atoms with E-state index in [1.54, 1.807) is 0 Å². The van der Waals surface area contributed by atoms with Gasteiger partial charge in [0, 0.05) is 24.7 Å². The van der Waals surface area contributed by atoms with Crippen molar-refractivity contribution in [1.29, 1.82) is 0 Å². The molecule has 0 radical (unpaired) electrons. The molecule has 0 spiro atoms. The summed E-state index contributed by atoms with van der Waals surface area (Å²) in [6, 6.07) is -0.00223. The second-order valence-corrected chi connectivity index (χ2v) is 8.39. The Balaban J connectivity index is 1.63. The summed E-state index contributed by atoms with van der Waals surface area (Å²) >= 11 is 0. The third kappa shape index (κ3) is 3.69. The molecule has 1 saturated carbocycles. The number of hydrogen-bond acceptors (Lipinski definition) is 5. The van der Waals surface area contributed by atoms with Crippen LogP contribution in [0.4, 0.5) is 0 Å². The first kappa shape index (κ1) is 19.1. The zero-order valence-electron chi connectivity index (χ0n) is 17.2. The molecule has 1 aliphatic carbocycles. The Morgan fingerprint density at radius 2 is 1.93 bits per heavy atom. The highest BCUT2D eigenvalue weighted by Gasteiger charge is 2.35. The molecule has 2 aromatic rings. The van der Waals surface area contributed by atoms with Crippen LogP contribution < -0.4 is 0 Å². The van der Waals surface area contributed by atoms with E-state index in [-0.39, 0.29) is 11.9 Å². The number of amides is 1. The maximum absolute atomic E-state index is 13.1. The van der Waals surface area contributed by atoms with Gasteiger partial charge in [-0.3, -0.25) is 4.79 Å². The first-order chi connectivity index (χ1) is 13.5. The Bertz CT molecular complexity index is 854. The highest BCUT2D eigenvalue weighted by molar-refractivity contribution is 5.78. The summed E-state index contributed by atoms with van der Waals surface area (Å²) in [5, 5.41) is 4.10. The van der Waals surface area contributed by atoms with Gasteiger partial charge in [-0.25, -0.2) is 9.97 Å². The molecule has 0 unspecified atom stereocenters. The summed E-state index contributed by atoms with van der Waals surface area (Å²) in [6.07, 6.45) is 10.7. The predicted molar refractivity (Wildman–Crippen MR) is 107 cm³/mol. The fraction of sp³-hybridized carbons (Fsp3) is 0.636. The van der Waals surface area contributed by atoms with E-state index in [0.717, 1.165) is 53.5 Å². The standard InChI is InChI=1S/C22H30N4O2/c1-14-15(2)25-28-22(14)18-13-23-16(3)24-21(18)19-10-7-11-26(19)20(27)12-17-8-5-4-6-9-17/h13,17,19H,4-12H2,1-3H3/t19-/m0/s1. The van der Waals surface area contributed by atoms with Gasteiger partial charge in [0.15, 0.2) is 5.76 Å². The van der Waals surface area contributed by atoms with Crippen LogP contribution in [-0.2, 0) is 4.79 Å². The van der Waals surface area contributed by atoms with Crippen LogP contribution in [0.1, 0.15) is 80.2 Å². The van der Waals surface area contributed by atoms with Crippen molar-refractivity contribution in [3.8, 4) is 11.3 Å². The average Bonchev–Trinajstić information content (AvgIpc) is 3.30. The quantitative estimate of drug-likeness (QED) is 0.767. The molecule has 2 fully saturated rings. The lowest BCUT2D eigenvalue weighted by Gasteiger charge is -2.28. The van der Waals surface area contributed by atoms with Crippen molar-refractivity contribution in [2.45, 2.75) is 78.2 Å². The van der Waals surface area contributed by atoms with Gasteiger partial charge in [-0.2, -0.15) is 0 Å². The van der Waals surface area contributed by atoms with Gasteiger partial charge in [0.2, 0.25) is 5.91 Å². The Morgan fingerprint density at radius 3 is 2.64 bits per heavy atom. The third-order valence-corrected chi connectivity index (χ3v) is 6.42. The molecule has 28 heavy (non-hydrogen) atoms. The Morgan fingerprint density at radius 1 is 1.14 bits per heavy atom. The SMILES string of the molecule is Cc1ncc(-c2onc(C)c2C)c([C@@H]2CCCN2C(=O)CC2CCCCC2)n1. The van der Waals surface area contributed by atoms with E-state index in [4.69, 9.17) is 9.51 Å². The molecular formula is C22H30N4O2. The molecule has 2 aliphatic rings. The molecule has 6 heteroatoms. The second kappa shape index (κ2) is 8.02. The maximum atomic E-state index is 13.1. The lowest BCUT2D eigenvalue weighted by molar-refractivity contribution is -0.133. The van der Waals surface area contributed by atoms with Gasteiger partial charge >= 0.3 is 0 Å². The zero-order valence-corrected chi connectivity index (χ0v) is 17.2. The van der Waals surface area contributed by atoms with Crippen LogP contribution in [0.15, 0.2) is 10.7 Å². The zero-order chi connectivity index (χ0) is 19.7. The van der Waals surface area contributed by atoms with Crippen molar-refractivity contribution in [1.82, 2.24) is 20.0 Å². The second-order valence-electron chi connectivity index (χ2n) is 8.39. The van der Waals surface area contributed by atoms with Gasteiger partial charge < -0.3 is 9.42 Å². The van der Waals surface area contributed by atoms with E-state index in [2.05, 4.69) is 15.0 Å². The largest absolute Gasteiger partial charge is 0.356 e. The molecule has 6 nitrogen and oxygen atoms in total. The summed E-state index contributed by atoms with van der Waals surface area (Å²) in [6.45, 7) is 6.65. The highest BCUT2D eigenvalue weighted by Crippen LogP contribution is 2.39. The lowest BCUT2D eigenvalue weighted by Crippen LogP contribution is -2.33. The molecule has 150 valence electrons. The van der Waals surface area contributed by atoms with Gasteiger partial charge in [0.25, 0.3) is 0 Å². The molecule has 4 rings (SSSR count). The molecule has 1 atom stereocenters. The van der Waals surface area contributed by atoms with Crippen molar-refractivity contribution in [2.24, 2.45) is 5.92 Å². The van der Waals surface area contributed by atoms with E-state index in [9.17, 15) is 4.79 Å². The third-order valence-electron chi connectivity index (χ3n) is 6.42. The van der Waals surface area contributed by atoms with E-state index in [0.29, 0.717) is 12.3 Å². The molecule has 1 aliphatic heterocycles. The van der Waals surface area contributed by atoms with Crippen LogP contribution in [0.25, 0.3) is 11.3 Å². The molecular weight excluding hydrogens is 352 g/mol. The fourth-order valence-electron chi connectivity index (χ4n) is 4.69. The number of hydrogen-bond donors (Lipinski definition) is 0. The lowest BCUT2D eigenvalue weighted by atomic mass is 9.86. The number of nitrogens with zero attached hydrogens (tertiary/aromatic N) is 4. The van der Waals surface area contributed by atoms with Crippen molar-refractivity contribution in [3.05, 3.63) is 29.0 Å². The number of aryl methyl sites for hydroxylation is 2. The Hall–Kier alpha value is -2.24. The molecule has 3 heterocycles. The first-order valence-electron chi connectivity index (χ1n) is 10.6. The molecule has 2 aromatic heterocycles. The van der Waals surface area contributed by atoms with E-state index >= 15 is 0 Å². The van der Waals surface area contributed by atoms with Gasteiger partial charge in [0.05, 0.1) is 23.0 Å². The number of carbonyl (C=O) groups is 1. The van der Waals surface area contributed by atoms with Crippen LogP contribution in [0.3, 0.4) is 0 Å². The molecule has 0 aromatic carbocycles. The molecule has 1 saturated heterocycles. The maximum Gasteiger partial charge on any atom is 0.223 e. The van der Waals surface area contributed by atoms with Gasteiger partial charge in [0.1, 0.15) is 5.82 Å². The first-order valence-corrected chi connectivity index (χ1v) is 10.6. The van der Waals surface area contributed by atoms with Crippen LogP contribution in [0, 0.1) is 26.7 Å². The van der Waals surface area contributed by atoms with Crippen molar-refractivity contribution >= 4 is 5.91 Å². The fourth-order valence-corrected chi connectivity index (χ4v) is 4.69. The summed E-state index contributed by atoms with van der Waals surface area (Å²) in [7, 11) is 0. The number of aromatic nitrogens is 3. The van der Waals surface area contributed by atoms with Gasteiger partial charge in [-0.15, -0.1) is 0 Å². The Labute approximate surface area is 166 Å². The van der Waals surface area contributed by atoms with Crippen LogP contribution in [0.5, 0.6) is 0 Å². The summed E-state index contributed by atoms with van der Waals surface area (Å²) in [4.78, 5) is 24.4. The Kier molecular flexibility index (Phi) is 5.47. The van der Waals surface area contributed by atoms with E-state index < -0.39 is 0 Å². The average molecular weight is 383 g/mol. The minimum atomic E-state index is -0.00223. The summed E-state index contributed by atoms with van der Waals surface area (Å²) in [5.74, 6) is 2.27. The minimum Gasteiger partial charge on any atom is -0.356 e. The smallest absolute Gasteiger partial charge is 0.223 e. The number of rotatable bonds is 4. The van der Waals surface area contributed by atoms with E-state index in [1.165, 1.54) is 32.1 Å². The summed E-state index contributed by atoms with van der Waals surface area (Å²) < 4.78 is 5.61. The monoisotopic (exact) mass is 382 g/mol. The molecule has 0 N–H and O–H groups in total. The van der Waals surface area contributed by atoms with Crippen LogP contribution in [-0.4, -0.2) is 32.5 Å². The number of likely N-dealkylation sites (tertiary alicyclic amines) is 1. The molecule has 1 amide bonds. The topological polar surface area (TPSA) is 72.1 Å². The van der Waals surface area contributed by atoms with Crippen LogP contribution in [0.2, 0.25) is 0 Å². The van der Waals surface area contributed by atoms with Crippen molar-refractivity contribution in [3.63, 3.8) is 0 Å². The highest BCUT2D eigenvalue weighted by atomic mass is 16.5. The normalized spacial score (nSPS) is 20.7. The summed E-state index contributed by atoms with van der Waals surface area (Å²) in [5.41, 5.74) is 3.65. The van der Waals surface area contributed by atoms with Crippen molar-refractivity contribution < 1.29 is 9.32 Å². The van der Waals surface area contributed by atoms with Gasteiger partial charge in [-0.1, -0.05) is 24.4 Å². The van der Waals surface area contributed by atoms with Crippen molar-refractivity contribution in [2.75, 3.05) is 6.54 Å². The molecule has 0 bridgehead atoms. The van der Waals surface area contributed by atoms with Gasteiger partial charge in [-0.05, 0) is 52.4 Å². The predicted octanol–water partition coefficient (Wildman–Crippen LogP) is 4.69. The number of carbonyl (C=O) groups excluding carboxylic acids is 1. The van der Waals surface area contributed by atoms with E-state index in [1.807, 2.05) is 27.0 Å².